The van der Waals surface area contributed by atoms with Crippen LogP contribution in [0.25, 0.3) is 11.3 Å². The van der Waals surface area contributed by atoms with Gasteiger partial charge in [0.1, 0.15) is 0 Å². The van der Waals surface area contributed by atoms with Gasteiger partial charge in [-0.05, 0) is 54.2 Å². The second-order valence-electron chi connectivity index (χ2n) is 7.87. The van der Waals surface area contributed by atoms with Crippen molar-refractivity contribution in [3.8, 4) is 11.3 Å². The number of piperidine rings is 1. The lowest BCUT2D eigenvalue weighted by Gasteiger charge is -2.42. The van der Waals surface area contributed by atoms with E-state index in [0.717, 1.165) is 30.5 Å². The third-order valence-corrected chi connectivity index (χ3v) is 6.49. The van der Waals surface area contributed by atoms with Crippen LogP contribution in [0, 0.1) is 0 Å². The summed E-state index contributed by atoms with van der Waals surface area (Å²) in [7, 11) is 0. The number of aromatic amines is 1. The van der Waals surface area contributed by atoms with Crippen LogP contribution in [-0.4, -0.2) is 45.3 Å². The molecule has 3 aromatic rings. The zero-order valence-electron chi connectivity index (χ0n) is 15.6. The molecule has 0 bridgehead atoms. The number of nitrogens with one attached hydrogen (secondary N) is 1. The van der Waals surface area contributed by atoms with E-state index in [1.54, 1.807) is 6.20 Å². The number of carbonyl (C=O) groups is 1. The van der Waals surface area contributed by atoms with Gasteiger partial charge in [-0.25, -0.2) is 0 Å². The smallest absolute Gasteiger partial charge is 0.253 e. The average molecular weight is 373 g/mol. The first kappa shape index (κ1) is 17.2. The van der Waals surface area contributed by atoms with Gasteiger partial charge in [-0.2, -0.15) is 5.10 Å². The van der Waals surface area contributed by atoms with E-state index >= 15 is 0 Å². The van der Waals surface area contributed by atoms with E-state index in [0.29, 0.717) is 18.7 Å². The van der Waals surface area contributed by atoms with E-state index in [1.807, 2.05) is 41.3 Å². The Morgan fingerprint density at radius 2 is 1.82 bits per heavy atom. The van der Waals surface area contributed by atoms with Gasteiger partial charge in [-0.1, -0.05) is 36.4 Å². The number of carbonyl (C=O) groups excluding carboxylic acids is 1. The third-order valence-electron chi connectivity index (χ3n) is 6.49. The van der Waals surface area contributed by atoms with Gasteiger partial charge in [0, 0.05) is 30.3 Å². The van der Waals surface area contributed by atoms with E-state index in [9.17, 15) is 9.90 Å². The van der Waals surface area contributed by atoms with Crippen molar-refractivity contribution in [2.24, 2.45) is 0 Å². The van der Waals surface area contributed by atoms with Crippen molar-refractivity contribution in [2.75, 3.05) is 13.1 Å². The second kappa shape index (κ2) is 6.60. The van der Waals surface area contributed by atoms with Crippen LogP contribution in [-0.2, 0) is 11.8 Å². The lowest BCUT2D eigenvalue weighted by atomic mass is 9.72. The molecule has 1 aromatic heterocycles. The molecular formula is C23H23N3O2. The summed E-state index contributed by atoms with van der Waals surface area (Å²) in [6.07, 6.45) is 3.70. The fourth-order valence-electron chi connectivity index (χ4n) is 4.87. The quantitative estimate of drug-likeness (QED) is 0.725. The summed E-state index contributed by atoms with van der Waals surface area (Å²) >= 11 is 0. The molecule has 1 aliphatic heterocycles. The number of likely N-dealkylation sites (tertiary alicyclic amines) is 1. The number of nitrogens with zero attached hydrogens (tertiary/aromatic N) is 2. The molecule has 0 radical (unpaired) electrons. The molecule has 2 aliphatic rings. The topological polar surface area (TPSA) is 69.2 Å². The number of aliphatic hydroxyl groups is 1. The number of aliphatic hydroxyl groups excluding tert-OH is 1. The Morgan fingerprint density at radius 1 is 1.07 bits per heavy atom. The first-order valence-electron chi connectivity index (χ1n) is 9.83. The lowest BCUT2D eigenvalue weighted by Crippen LogP contribution is -2.49. The maximum Gasteiger partial charge on any atom is 0.253 e. The van der Waals surface area contributed by atoms with E-state index < -0.39 is 0 Å². The number of hydrogen-bond donors (Lipinski definition) is 2. The Hall–Kier alpha value is -2.92. The molecule has 0 unspecified atom stereocenters. The maximum absolute atomic E-state index is 13.0. The summed E-state index contributed by atoms with van der Waals surface area (Å²) in [6.45, 7) is 1.35. The average Bonchev–Trinajstić information content (AvgIpc) is 3.36. The van der Waals surface area contributed by atoms with Crippen LogP contribution >= 0.6 is 0 Å². The van der Waals surface area contributed by atoms with Gasteiger partial charge >= 0.3 is 0 Å². The Balaban J connectivity index is 1.31. The van der Waals surface area contributed by atoms with Crippen molar-refractivity contribution in [1.82, 2.24) is 15.1 Å². The molecule has 28 heavy (non-hydrogen) atoms. The van der Waals surface area contributed by atoms with E-state index in [4.69, 9.17) is 0 Å². The van der Waals surface area contributed by atoms with Crippen LogP contribution in [0.2, 0.25) is 0 Å². The first-order chi connectivity index (χ1) is 13.7. The molecular weight excluding hydrogens is 350 g/mol. The van der Waals surface area contributed by atoms with E-state index in [1.165, 1.54) is 11.1 Å². The predicted molar refractivity (Wildman–Crippen MR) is 107 cm³/mol. The number of benzene rings is 2. The first-order valence-corrected chi connectivity index (χ1v) is 9.83. The fourth-order valence-corrected chi connectivity index (χ4v) is 4.87. The number of rotatable bonds is 2. The molecule has 5 heteroatoms. The zero-order chi connectivity index (χ0) is 19.1. The summed E-state index contributed by atoms with van der Waals surface area (Å²) < 4.78 is 0. The number of hydrogen-bond acceptors (Lipinski definition) is 3. The molecule has 2 aromatic carbocycles. The van der Waals surface area contributed by atoms with Crippen LogP contribution in [0.4, 0.5) is 0 Å². The van der Waals surface area contributed by atoms with Crippen molar-refractivity contribution in [1.29, 1.82) is 0 Å². The molecule has 0 saturated carbocycles. The number of H-pyrrole nitrogens is 1. The second-order valence-corrected chi connectivity index (χ2v) is 7.87. The molecule has 142 valence electrons. The third kappa shape index (κ3) is 2.66. The minimum Gasteiger partial charge on any atom is -0.392 e. The standard InChI is InChI=1S/C23H23N3O2/c27-21-15-18-3-1-2-4-19(18)23(21)10-13-26(14-11-23)22(28)17-7-5-16(6-8-17)20-9-12-24-25-20/h1-9,12,21,27H,10-11,13-15H2,(H,24,25)/t21-/m0/s1. The molecule has 5 rings (SSSR count). The van der Waals surface area contributed by atoms with Gasteiger partial charge in [0.2, 0.25) is 0 Å². The highest BCUT2D eigenvalue weighted by Crippen LogP contribution is 2.46. The molecule has 1 atom stereocenters. The Bertz CT molecular complexity index is 987. The normalized spacial score (nSPS) is 20.3. The summed E-state index contributed by atoms with van der Waals surface area (Å²) in [4.78, 5) is 14.9. The maximum atomic E-state index is 13.0. The molecule has 5 nitrogen and oxygen atoms in total. The summed E-state index contributed by atoms with van der Waals surface area (Å²) in [5.74, 6) is 0.0618. The molecule has 1 saturated heterocycles. The van der Waals surface area contributed by atoms with Gasteiger partial charge < -0.3 is 10.0 Å². The minimum atomic E-state index is -0.351. The van der Waals surface area contributed by atoms with Crippen molar-refractivity contribution < 1.29 is 9.90 Å². The van der Waals surface area contributed by atoms with E-state index in [2.05, 4.69) is 28.4 Å². The summed E-state index contributed by atoms with van der Waals surface area (Å²) in [5, 5.41) is 17.7. The van der Waals surface area contributed by atoms with Crippen LogP contribution < -0.4 is 0 Å². The molecule has 1 fully saturated rings. The van der Waals surface area contributed by atoms with Crippen LogP contribution in [0.1, 0.15) is 34.3 Å². The van der Waals surface area contributed by atoms with Crippen molar-refractivity contribution in [2.45, 2.75) is 30.8 Å². The SMILES string of the molecule is O=C(c1ccc(-c2ccn[nH]2)cc1)N1CCC2(CC1)c1ccccc1C[C@@H]2O. The summed E-state index contributed by atoms with van der Waals surface area (Å²) in [6, 6.07) is 17.9. The van der Waals surface area contributed by atoms with Gasteiger partial charge in [0.15, 0.2) is 0 Å². The van der Waals surface area contributed by atoms with Crippen LogP contribution in [0.15, 0.2) is 60.8 Å². The highest BCUT2D eigenvalue weighted by Gasteiger charge is 2.48. The van der Waals surface area contributed by atoms with Crippen LogP contribution in [0.3, 0.4) is 0 Å². The highest BCUT2D eigenvalue weighted by atomic mass is 16.3. The van der Waals surface area contributed by atoms with Crippen molar-refractivity contribution in [3.05, 3.63) is 77.5 Å². The van der Waals surface area contributed by atoms with Gasteiger partial charge in [0.25, 0.3) is 5.91 Å². The molecule has 1 aliphatic carbocycles. The van der Waals surface area contributed by atoms with Crippen LogP contribution in [0.5, 0.6) is 0 Å². The Morgan fingerprint density at radius 3 is 2.54 bits per heavy atom. The number of amides is 1. The predicted octanol–water partition coefficient (Wildman–Crippen LogP) is 3.17. The minimum absolute atomic E-state index is 0.0618. The number of fused-ring (bicyclic) bond motifs is 2. The van der Waals surface area contributed by atoms with E-state index in [-0.39, 0.29) is 17.4 Å². The monoisotopic (exact) mass is 373 g/mol. The van der Waals surface area contributed by atoms with Crippen molar-refractivity contribution in [3.63, 3.8) is 0 Å². The molecule has 1 spiro atoms. The fraction of sp³-hybridized carbons (Fsp3) is 0.304. The van der Waals surface area contributed by atoms with Gasteiger partial charge in [-0.3, -0.25) is 9.89 Å². The lowest BCUT2D eigenvalue weighted by molar-refractivity contribution is 0.0365. The van der Waals surface area contributed by atoms with Crippen molar-refractivity contribution >= 4 is 5.91 Å². The summed E-state index contributed by atoms with van der Waals surface area (Å²) in [5.41, 5.74) is 4.98. The Labute approximate surface area is 164 Å². The highest BCUT2D eigenvalue weighted by molar-refractivity contribution is 5.94. The largest absolute Gasteiger partial charge is 0.392 e. The zero-order valence-corrected chi connectivity index (χ0v) is 15.6. The molecule has 2 heterocycles. The van der Waals surface area contributed by atoms with Gasteiger partial charge in [-0.15, -0.1) is 0 Å². The molecule has 2 N–H and O–H groups in total. The Kier molecular flexibility index (Phi) is 4.05. The number of aromatic nitrogens is 2. The molecule has 1 amide bonds. The van der Waals surface area contributed by atoms with Gasteiger partial charge in [0.05, 0.1) is 11.8 Å².